The Labute approximate surface area is 138 Å². The highest BCUT2D eigenvalue weighted by molar-refractivity contribution is 7.15. The van der Waals surface area contributed by atoms with Crippen molar-refractivity contribution in [3.05, 3.63) is 39.9 Å². The number of rotatable bonds is 4. The average molecular weight is 333 g/mol. The lowest BCUT2D eigenvalue weighted by Crippen LogP contribution is -2.21. The van der Waals surface area contributed by atoms with Crippen LogP contribution in [0.1, 0.15) is 46.1 Å². The summed E-state index contributed by atoms with van der Waals surface area (Å²) in [5.74, 6) is -0.671. The summed E-state index contributed by atoms with van der Waals surface area (Å²) in [5, 5.41) is 15.1. The first-order chi connectivity index (χ1) is 10.8. The number of urea groups is 1. The van der Waals surface area contributed by atoms with E-state index in [1.54, 1.807) is 19.2 Å². The van der Waals surface area contributed by atoms with Crippen molar-refractivity contribution in [2.75, 3.05) is 10.6 Å². The van der Waals surface area contributed by atoms with E-state index in [1.165, 1.54) is 17.4 Å². The van der Waals surface area contributed by atoms with Crippen LogP contribution in [0.5, 0.6) is 0 Å². The minimum absolute atomic E-state index is 0.169. The molecule has 0 radical (unpaired) electrons. The Hall–Kier alpha value is -2.41. The van der Waals surface area contributed by atoms with Crippen molar-refractivity contribution < 1.29 is 14.7 Å². The number of thiazole rings is 1. The van der Waals surface area contributed by atoms with Crippen molar-refractivity contribution >= 4 is 34.2 Å². The molecule has 2 rings (SSSR count). The zero-order chi connectivity index (χ0) is 17.1. The number of carboxylic acid groups (broad SMARTS) is 1. The largest absolute Gasteiger partial charge is 0.478 e. The number of carboxylic acids is 1. The fourth-order valence-corrected chi connectivity index (χ4v) is 2.94. The number of amides is 2. The van der Waals surface area contributed by atoms with E-state index >= 15 is 0 Å². The standard InChI is InChI=1S/C16H19N3O3S/c1-8(2)12-7-17-16(23-12)19-15(22)18-13-9(3)5-6-11(10(13)4)14(20)21/h5-8H,1-4H3,(H,20,21)(H2,17,18,19,22). The highest BCUT2D eigenvalue weighted by atomic mass is 32.1. The smallest absolute Gasteiger partial charge is 0.336 e. The summed E-state index contributed by atoms with van der Waals surface area (Å²) >= 11 is 1.42. The number of carbonyl (C=O) groups is 2. The Morgan fingerprint density at radius 3 is 2.48 bits per heavy atom. The highest BCUT2D eigenvalue weighted by Gasteiger charge is 2.15. The first-order valence-electron chi connectivity index (χ1n) is 7.16. The predicted molar refractivity (Wildman–Crippen MR) is 91.7 cm³/mol. The van der Waals surface area contributed by atoms with Gasteiger partial charge in [0.05, 0.1) is 5.56 Å². The van der Waals surface area contributed by atoms with E-state index in [-0.39, 0.29) is 5.56 Å². The Morgan fingerprint density at radius 1 is 1.22 bits per heavy atom. The molecule has 0 bridgehead atoms. The predicted octanol–water partition coefficient (Wildman–Crippen LogP) is 4.23. The third kappa shape index (κ3) is 3.87. The van der Waals surface area contributed by atoms with Crippen LogP contribution in [-0.4, -0.2) is 22.1 Å². The zero-order valence-corrected chi connectivity index (χ0v) is 14.2. The van der Waals surface area contributed by atoms with Crippen molar-refractivity contribution in [3.8, 4) is 0 Å². The number of hydrogen-bond acceptors (Lipinski definition) is 4. The van der Waals surface area contributed by atoms with Crippen LogP contribution in [-0.2, 0) is 0 Å². The number of aromatic nitrogens is 1. The minimum atomic E-state index is -1.02. The second kappa shape index (κ2) is 6.78. The average Bonchev–Trinajstić information content (AvgIpc) is 2.91. The number of hydrogen-bond donors (Lipinski definition) is 3. The van der Waals surface area contributed by atoms with E-state index in [4.69, 9.17) is 5.11 Å². The van der Waals surface area contributed by atoms with E-state index in [0.29, 0.717) is 22.3 Å². The van der Waals surface area contributed by atoms with Crippen LogP contribution in [0.15, 0.2) is 18.3 Å². The highest BCUT2D eigenvalue weighted by Crippen LogP contribution is 2.26. The normalized spacial score (nSPS) is 10.7. The first-order valence-corrected chi connectivity index (χ1v) is 7.98. The van der Waals surface area contributed by atoms with Crippen molar-refractivity contribution in [2.24, 2.45) is 0 Å². The molecule has 23 heavy (non-hydrogen) atoms. The molecule has 0 aliphatic rings. The third-order valence-corrected chi connectivity index (χ3v) is 4.67. The van der Waals surface area contributed by atoms with Crippen LogP contribution in [0.2, 0.25) is 0 Å². The fourth-order valence-electron chi connectivity index (χ4n) is 2.12. The maximum absolute atomic E-state index is 12.1. The molecule has 0 spiro atoms. The Bertz CT molecular complexity index is 753. The lowest BCUT2D eigenvalue weighted by Gasteiger charge is -2.13. The van der Waals surface area contributed by atoms with Gasteiger partial charge in [-0.1, -0.05) is 19.9 Å². The molecule has 6 nitrogen and oxygen atoms in total. The molecule has 2 aromatic rings. The molecular weight excluding hydrogens is 314 g/mol. The molecule has 0 atom stereocenters. The van der Waals surface area contributed by atoms with Gasteiger partial charge >= 0.3 is 12.0 Å². The third-order valence-electron chi connectivity index (χ3n) is 3.46. The van der Waals surface area contributed by atoms with Crippen LogP contribution < -0.4 is 10.6 Å². The molecule has 1 heterocycles. The van der Waals surface area contributed by atoms with Crippen LogP contribution in [0, 0.1) is 13.8 Å². The molecular formula is C16H19N3O3S. The van der Waals surface area contributed by atoms with Gasteiger partial charge in [-0.2, -0.15) is 0 Å². The second-order valence-corrected chi connectivity index (χ2v) is 6.60. The number of nitrogens with one attached hydrogen (secondary N) is 2. The number of aryl methyl sites for hydroxylation is 1. The summed E-state index contributed by atoms with van der Waals surface area (Å²) in [4.78, 5) is 28.6. The first kappa shape index (κ1) is 17.0. The molecule has 0 unspecified atom stereocenters. The lowest BCUT2D eigenvalue weighted by atomic mass is 10.0. The van der Waals surface area contributed by atoms with Gasteiger partial charge < -0.3 is 10.4 Å². The van der Waals surface area contributed by atoms with Gasteiger partial charge in [-0.05, 0) is 37.0 Å². The van der Waals surface area contributed by atoms with Crippen molar-refractivity contribution in [1.29, 1.82) is 0 Å². The molecule has 1 aromatic heterocycles. The van der Waals surface area contributed by atoms with Crippen molar-refractivity contribution in [2.45, 2.75) is 33.6 Å². The SMILES string of the molecule is Cc1ccc(C(=O)O)c(C)c1NC(=O)Nc1ncc(C(C)C)s1. The van der Waals surface area contributed by atoms with E-state index in [1.807, 2.05) is 6.92 Å². The maximum atomic E-state index is 12.1. The van der Waals surface area contributed by atoms with E-state index in [0.717, 1.165) is 10.4 Å². The Morgan fingerprint density at radius 2 is 1.91 bits per heavy atom. The van der Waals surface area contributed by atoms with E-state index in [2.05, 4.69) is 29.5 Å². The van der Waals surface area contributed by atoms with Gasteiger partial charge in [0.1, 0.15) is 0 Å². The number of anilines is 2. The molecule has 0 aliphatic heterocycles. The Balaban J connectivity index is 2.16. The summed E-state index contributed by atoms with van der Waals surface area (Å²) in [6.45, 7) is 7.60. The summed E-state index contributed by atoms with van der Waals surface area (Å²) in [6.07, 6.45) is 1.74. The number of benzene rings is 1. The molecule has 7 heteroatoms. The monoisotopic (exact) mass is 333 g/mol. The van der Waals surface area contributed by atoms with Gasteiger partial charge in [0.2, 0.25) is 0 Å². The number of aromatic carboxylic acids is 1. The van der Waals surface area contributed by atoms with Gasteiger partial charge in [0.25, 0.3) is 0 Å². The molecule has 2 amide bonds. The van der Waals surface area contributed by atoms with Crippen LogP contribution >= 0.6 is 11.3 Å². The topological polar surface area (TPSA) is 91.3 Å². The lowest BCUT2D eigenvalue weighted by molar-refractivity contribution is 0.0696. The van der Waals surface area contributed by atoms with Crippen LogP contribution in [0.4, 0.5) is 15.6 Å². The maximum Gasteiger partial charge on any atom is 0.336 e. The molecule has 0 aliphatic carbocycles. The summed E-state index contributed by atoms with van der Waals surface area (Å²) in [7, 11) is 0. The summed E-state index contributed by atoms with van der Waals surface area (Å²) < 4.78 is 0. The Kier molecular flexibility index (Phi) is 5.00. The molecule has 122 valence electrons. The van der Waals surface area contributed by atoms with Gasteiger partial charge in [0.15, 0.2) is 5.13 Å². The van der Waals surface area contributed by atoms with E-state index in [9.17, 15) is 9.59 Å². The van der Waals surface area contributed by atoms with Crippen LogP contribution in [0.3, 0.4) is 0 Å². The molecule has 0 fully saturated rings. The van der Waals surface area contributed by atoms with Gasteiger partial charge in [-0.15, -0.1) is 11.3 Å². The summed E-state index contributed by atoms with van der Waals surface area (Å²) in [5.41, 5.74) is 1.99. The minimum Gasteiger partial charge on any atom is -0.478 e. The van der Waals surface area contributed by atoms with Gasteiger partial charge in [-0.25, -0.2) is 14.6 Å². The molecule has 0 saturated heterocycles. The number of nitrogens with zero attached hydrogens (tertiary/aromatic N) is 1. The van der Waals surface area contributed by atoms with Crippen LogP contribution in [0.25, 0.3) is 0 Å². The van der Waals surface area contributed by atoms with Gasteiger partial charge in [-0.3, -0.25) is 5.32 Å². The van der Waals surface area contributed by atoms with E-state index < -0.39 is 12.0 Å². The molecule has 3 N–H and O–H groups in total. The fraction of sp³-hybridized carbons (Fsp3) is 0.312. The molecule has 1 aromatic carbocycles. The van der Waals surface area contributed by atoms with Crippen molar-refractivity contribution in [1.82, 2.24) is 4.98 Å². The number of carbonyl (C=O) groups excluding carboxylic acids is 1. The summed E-state index contributed by atoms with van der Waals surface area (Å²) in [6, 6.07) is 2.77. The quantitative estimate of drug-likeness (QED) is 0.781. The zero-order valence-electron chi connectivity index (χ0n) is 13.4. The van der Waals surface area contributed by atoms with Crippen molar-refractivity contribution in [3.63, 3.8) is 0 Å². The van der Waals surface area contributed by atoms with Gasteiger partial charge in [0, 0.05) is 16.8 Å². The molecule has 0 saturated carbocycles. The second-order valence-electron chi connectivity index (χ2n) is 5.54.